The van der Waals surface area contributed by atoms with Gasteiger partial charge in [0.1, 0.15) is 0 Å². The van der Waals surface area contributed by atoms with E-state index >= 15 is 0 Å². The second kappa shape index (κ2) is 3.78. The Hall–Kier alpha value is -2.15. The van der Waals surface area contributed by atoms with Crippen LogP contribution in [0, 0.1) is 10.1 Å². The quantitative estimate of drug-likeness (QED) is 0.631. The van der Waals surface area contributed by atoms with Crippen molar-refractivity contribution in [1.82, 2.24) is 15.0 Å². The summed E-state index contributed by atoms with van der Waals surface area (Å²) < 4.78 is 1.18. The van der Waals surface area contributed by atoms with E-state index in [1.54, 1.807) is 0 Å². The molecule has 2 rings (SSSR count). The van der Waals surface area contributed by atoms with Gasteiger partial charge in [0, 0.05) is 6.07 Å². The Morgan fingerprint density at radius 1 is 1.50 bits per heavy atom. The number of nitrogens with zero attached hydrogens (tertiary/aromatic N) is 4. The van der Waals surface area contributed by atoms with Crippen molar-refractivity contribution in [2.75, 3.05) is 5.73 Å². The van der Waals surface area contributed by atoms with E-state index in [0.29, 0.717) is 0 Å². The van der Waals surface area contributed by atoms with Gasteiger partial charge in [0.25, 0.3) is 5.69 Å². The summed E-state index contributed by atoms with van der Waals surface area (Å²) in [5.74, 6) is 0.161. The van der Waals surface area contributed by atoms with Crippen LogP contribution in [0.1, 0.15) is 0 Å². The van der Waals surface area contributed by atoms with Crippen LogP contribution in [0.2, 0.25) is 5.02 Å². The molecule has 1 aromatic heterocycles. The molecule has 0 aliphatic heterocycles. The van der Waals surface area contributed by atoms with Crippen molar-refractivity contribution in [2.24, 2.45) is 0 Å². The van der Waals surface area contributed by atoms with E-state index in [1.165, 1.54) is 29.1 Å². The Labute approximate surface area is 94.6 Å². The maximum absolute atomic E-state index is 10.8. The van der Waals surface area contributed by atoms with Gasteiger partial charge in [0.15, 0.2) is 11.5 Å². The third-order valence-corrected chi connectivity index (χ3v) is 2.21. The molecule has 0 saturated heterocycles. The SMILES string of the molecule is Nc1cn(-c2c(Cl)cccc2[N+](=O)[O-])nn1. The molecule has 0 aliphatic carbocycles. The minimum absolute atomic E-state index is 0.151. The predicted molar refractivity (Wildman–Crippen MR) is 57.4 cm³/mol. The van der Waals surface area contributed by atoms with Gasteiger partial charge < -0.3 is 5.73 Å². The topological polar surface area (TPSA) is 99.9 Å². The normalized spacial score (nSPS) is 10.3. The number of halogens is 1. The van der Waals surface area contributed by atoms with Crippen LogP contribution in [0.3, 0.4) is 0 Å². The van der Waals surface area contributed by atoms with Crippen molar-refractivity contribution < 1.29 is 4.92 Å². The highest BCUT2D eigenvalue weighted by atomic mass is 35.5. The molecule has 0 unspecified atom stereocenters. The number of nitrogen functional groups attached to an aromatic ring is 1. The highest BCUT2D eigenvalue weighted by Gasteiger charge is 2.19. The average molecular weight is 240 g/mol. The first-order valence-corrected chi connectivity index (χ1v) is 4.58. The van der Waals surface area contributed by atoms with Crippen LogP contribution in [0.15, 0.2) is 24.4 Å². The van der Waals surface area contributed by atoms with Crippen LogP contribution in [-0.2, 0) is 0 Å². The first-order valence-electron chi connectivity index (χ1n) is 4.20. The summed E-state index contributed by atoms with van der Waals surface area (Å²) in [6.45, 7) is 0. The third-order valence-electron chi connectivity index (χ3n) is 1.90. The molecule has 0 spiro atoms. The van der Waals surface area contributed by atoms with Crippen molar-refractivity contribution in [3.8, 4) is 5.69 Å². The molecule has 0 radical (unpaired) electrons. The number of anilines is 1. The fourth-order valence-corrected chi connectivity index (χ4v) is 1.52. The average Bonchev–Trinajstić information content (AvgIpc) is 2.64. The van der Waals surface area contributed by atoms with E-state index in [1.807, 2.05) is 0 Å². The lowest BCUT2D eigenvalue weighted by atomic mass is 10.2. The van der Waals surface area contributed by atoms with Crippen molar-refractivity contribution in [3.05, 3.63) is 39.5 Å². The van der Waals surface area contributed by atoms with Gasteiger partial charge in [-0.25, -0.2) is 4.68 Å². The second-order valence-corrected chi connectivity index (χ2v) is 3.36. The molecular formula is C8H6ClN5O2. The molecule has 2 aromatic rings. The molecular weight excluding hydrogens is 234 g/mol. The summed E-state index contributed by atoms with van der Waals surface area (Å²) in [7, 11) is 0. The lowest BCUT2D eigenvalue weighted by molar-refractivity contribution is -0.384. The fourth-order valence-electron chi connectivity index (χ4n) is 1.26. The zero-order valence-corrected chi connectivity index (χ0v) is 8.63. The third kappa shape index (κ3) is 1.68. The molecule has 16 heavy (non-hydrogen) atoms. The lowest BCUT2D eigenvalue weighted by Gasteiger charge is -2.03. The van der Waals surface area contributed by atoms with Gasteiger partial charge in [-0.2, -0.15) is 0 Å². The fraction of sp³-hybridized carbons (Fsp3) is 0. The minimum Gasteiger partial charge on any atom is -0.381 e. The van der Waals surface area contributed by atoms with Crippen LogP contribution in [0.4, 0.5) is 11.5 Å². The predicted octanol–water partition coefficient (Wildman–Crippen LogP) is 1.41. The van der Waals surface area contributed by atoms with E-state index in [0.717, 1.165) is 0 Å². The monoisotopic (exact) mass is 239 g/mol. The summed E-state index contributed by atoms with van der Waals surface area (Å²) in [4.78, 5) is 10.3. The Balaban J connectivity index is 2.67. The van der Waals surface area contributed by atoms with Gasteiger partial charge in [-0.1, -0.05) is 22.9 Å². The molecule has 0 saturated carbocycles. The summed E-state index contributed by atoms with van der Waals surface area (Å²) in [5.41, 5.74) is 5.38. The number of aromatic nitrogens is 3. The number of benzene rings is 1. The number of nitro benzene ring substituents is 1. The Morgan fingerprint density at radius 3 is 2.81 bits per heavy atom. The second-order valence-electron chi connectivity index (χ2n) is 2.95. The minimum atomic E-state index is -0.543. The van der Waals surface area contributed by atoms with E-state index in [9.17, 15) is 10.1 Å². The van der Waals surface area contributed by atoms with Gasteiger partial charge >= 0.3 is 0 Å². The smallest absolute Gasteiger partial charge is 0.296 e. The molecule has 82 valence electrons. The highest BCUT2D eigenvalue weighted by molar-refractivity contribution is 6.32. The van der Waals surface area contributed by atoms with Crippen molar-refractivity contribution in [1.29, 1.82) is 0 Å². The molecule has 0 aliphatic rings. The Morgan fingerprint density at radius 2 is 2.25 bits per heavy atom. The number of hydrogen-bond donors (Lipinski definition) is 1. The Kier molecular flexibility index (Phi) is 2.45. The maximum atomic E-state index is 10.8. The first-order chi connectivity index (χ1) is 7.59. The van der Waals surface area contributed by atoms with Crippen molar-refractivity contribution >= 4 is 23.1 Å². The molecule has 1 heterocycles. The van der Waals surface area contributed by atoms with Gasteiger partial charge in [0.05, 0.1) is 16.1 Å². The summed E-state index contributed by atoms with van der Waals surface area (Å²) in [6, 6.07) is 4.35. The largest absolute Gasteiger partial charge is 0.381 e. The first kappa shape index (κ1) is 10.4. The van der Waals surface area contributed by atoms with E-state index in [-0.39, 0.29) is 22.2 Å². The summed E-state index contributed by atoms with van der Waals surface area (Å²) >= 11 is 5.88. The number of hydrogen-bond acceptors (Lipinski definition) is 5. The molecule has 0 fully saturated rings. The molecule has 7 nitrogen and oxygen atoms in total. The van der Waals surface area contributed by atoms with Crippen molar-refractivity contribution in [3.63, 3.8) is 0 Å². The highest BCUT2D eigenvalue weighted by Crippen LogP contribution is 2.29. The lowest BCUT2D eigenvalue weighted by Crippen LogP contribution is -2.01. The van der Waals surface area contributed by atoms with E-state index in [4.69, 9.17) is 17.3 Å². The van der Waals surface area contributed by atoms with Crippen LogP contribution in [0.25, 0.3) is 5.69 Å². The molecule has 1 aromatic carbocycles. The number of rotatable bonds is 2. The van der Waals surface area contributed by atoms with Crippen LogP contribution in [-0.4, -0.2) is 19.9 Å². The maximum Gasteiger partial charge on any atom is 0.296 e. The van der Waals surface area contributed by atoms with Gasteiger partial charge in [-0.05, 0) is 6.07 Å². The number of nitro groups is 1. The Bertz CT molecular complexity index is 553. The van der Waals surface area contributed by atoms with Crippen LogP contribution in [0.5, 0.6) is 0 Å². The molecule has 2 N–H and O–H groups in total. The van der Waals surface area contributed by atoms with E-state index < -0.39 is 4.92 Å². The summed E-state index contributed by atoms with van der Waals surface area (Å²) in [5, 5.41) is 18.2. The van der Waals surface area contributed by atoms with Crippen molar-refractivity contribution in [2.45, 2.75) is 0 Å². The van der Waals surface area contributed by atoms with Crippen LogP contribution >= 0.6 is 11.6 Å². The van der Waals surface area contributed by atoms with Gasteiger partial charge in [-0.3, -0.25) is 10.1 Å². The number of para-hydroxylation sites is 1. The van der Waals surface area contributed by atoms with Gasteiger partial charge in [0.2, 0.25) is 0 Å². The van der Waals surface area contributed by atoms with Crippen LogP contribution < -0.4 is 5.73 Å². The molecule has 0 bridgehead atoms. The van der Waals surface area contributed by atoms with Gasteiger partial charge in [-0.15, -0.1) is 5.10 Å². The molecule has 0 atom stereocenters. The molecule has 8 heteroatoms. The zero-order valence-electron chi connectivity index (χ0n) is 7.87. The summed E-state index contributed by atoms with van der Waals surface area (Å²) in [6.07, 6.45) is 1.36. The molecule has 0 amide bonds. The number of nitrogens with two attached hydrogens (primary N) is 1. The van der Waals surface area contributed by atoms with E-state index in [2.05, 4.69) is 10.3 Å². The standard InChI is InChI=1S/C8H6ClN5O2/c9-5-2-1-3-6(14(15)16)8(5)13-4-7(10)11-12-13/h1-4H,10H2. The zero-order chi connectivity index (χ0) is 11.7.